The van der Waals surface area contributed by atoms with E-state index in [-0.39, 0.29) is 18.5 Å². The smallest absolute Gasteiger partial charge is 0.240 e. The van der Waals surface area contributed by atoms with Crippen LogP contribution in [-0.4, -0.2) is 33.2 Å². The van der Waals surface area contributed by atoms with E-state index in [2.05, 4.69) is 5.32 Å². The number of benzene rings is 1. The molecular formula is C14H21ClN2O3S. The molecule has 1 rings (SSSR count). The number of anilines is 1. The highest BCUT2D eigenvalue weighted by molar-refractivity contribution is 7.92. The minimum absolute atomic E-state index is 0.0616. The number of rotatable bonds is 5. The molecule has 0 bridgehead atoms. The lowest BCUT2D eigenvalue weighted by molar-refractivity contribution is -0.120. The van der Waals surface area contributed by atoms with Crippen molar-refractivity contribution in [2.24, 2.45) is 0 Å². The fraction of sp³-hybridized carbons (Fsp3) is 0.500. The van der Waals surface area contributed by atoms with Crippen LogP contribution in [0.15, 0.2) is 12.1 Å². The maximum absolute atomic E-state index is 12.0. The van der Waals surface area contributed by atoms with E-state index in [1.165, 1.54) is 0 Å². The van der Waals surface area contributed by atoms with Crippen molar-refractivity contribution < 1.29 is 13.2 Å². The highest BCUT2D eigenvalue weighted by Gasteiger charge is 2.25. The van der Waals surface area contributed by atoms with Crippen LogP contribution in [0.5, 0.6) is 0 Å². The van der Waals surface area contributed by atoms with Crippen molar-refractivity contribution in [2.75, 3.05) is 17.1 Å². The first-order valence-corrected chi connectivity index (χ1v) is 8.79. The summed E-state index contributed by atoms with van der Waals surface area (Å²) in [5, 5.41) is 2.99. The van der Waals surface area contributed by atoms with Crippen LogP contribution in [0.4, 0.5) is 5.69 Å². The second kappa shape index (κ2) is 6.66. The Hall–Kier alpha value is -1.27. The van der Waals surface area contributed by atoms with E-state index in [0.29, 0.717) is 16.3 Å². The third-order valence-electron chi connectivity index (χ3n) is 2.78. The molecule has 0 saturated heterocycles. The summed E-state index contributed by atoms with van der Waals surface area (Å²) >= 11 is 6.19. The standard InChI is InChI=1S/C14H21ClN2O3S/c1-9(2)16-13(18)8-17(21(5,19)20)14-11(4)6-10(3)7-12(14)15/h6-7,9H,8H2,1-5H3,(H,16,18). The molecule has 1 aromatic rings. The van der Waals surface area contributed by atoms with Gasteiger partial charge < -0.3 is 5.32 Å². The number of nitrogens with one attached hydrogen (secondary N) is 1. The molecule has 0 aliphatic heterocycles. The molecule has 0 radical (unpaired) electrons. The molecule has 21 heavy (non-hydrogen) atoms. The fourth-order valence-electron chi connectivity index (χ4n) is 2.08. The van der Waals surface area contributed by atoms with Gasteiger partial charge in [-0.2, -0.15) is 0 Å². The van der Waals surface area contributed by atoms with E-state index >= 15 is 0 Å². The van der Waals surface area contributed by atoms with Gasteiger partial charge in [-0.05, 0) is 44.9 Å². The number of aryl methyl sites for hydroxylation is 2. The topological polar surface area (TPSA) is 66.5 Å². The zero-order valence-corrected chi connectivity index (χ0v) is 14.5. The molecule has 7 heteroatoms. The van der Waals surface area contributed by atoms with Crippen molar-refractivity contribution in [3.63, 3.8) is 0 Å². The summed E-state index contributed by atoms with van der Waals surface area (Å²) < 4.78 is 25.1. The van der Waals surface area contributed by atoms with Crippen molar-refractivity contribution >= 4 is 33.2 Å². The number of sulfonamides is 1. The average molecular weight is 333 g/mol. The van der Waals surface area contributed by atoms with Gasteiger partial charge in [-0.25, -0.2) is 8.42 Å². The summed E-state index contributed by atoms with van der Waals surface area (Å²) in [6, 6.07) is 3.45. The molecule has 1 amide bonds. The number of hydrogen-bond acceptors (Lipinski definition) is 3. The normalized spacial score (nSPS) is 11.6. The van der Waals surface area contributed by atoms with Crippen LogP contribution in [0.25, 0.3) is 0 Å². The summed E-state index contributed by atoms with van der Waals surface area (Å²) in [6.45, 7) is 6.98. The SMILES string of the molecule is Cc1cc(C)c(N(CC(=O)NC(C)C)S(C)(=O)=O)c(Cl)c1. The first-order chi connectivity index (χ1) is 9.52. The van der Waals surface area contributed by atoms with Crippen LogP contribution in [0, 0.1) is 13.8 Å². The number of hydrogen-bond donors (Lipinski definition) is 1. The first-order valence-electron chi connectivity index (χ1n) is 6.56. The number of carbonyl (C=O) groups is 1. The summed E-state index contributed by atoms with van der Waals surface area (Å²) in [7, 11) is -3.62. The lowest BCUT2D eigenvalue weighted by Gasteiger charge is -2.25. The van der Waals surface area contributed by atoms with Gasteiger partial charge in [0.2, 0.25) is 15.9 Å². The largest absolute Gasteiger partial charge is 0.352 e. The molecule has 0 spiro atoms. The molecule has 0 unspecified atom stereocenters. The predicted octanol–water partition coefficient (Wildman–Crippen LogP) is 2.25. The molecular weight excluding hydrogens is 312 g/mol. The van der Waals surface area contributed by atoms with Crippen LogP contribution in [0.1, 0.15) is 25.0 Å². The third-order valence-corrected chi connectivity index (χ3v) is 4.19. The summed E-state index contributed by atoms with van der Waals surface area (Å²) in [6.07, 6.45) is 1.06. The Morgan fingerprint density at radius 2 is 1.90 bits per heavy atom. The molecule has 0 aliphatic carbocycles. The van der Waals surface area contributed by atoms with Gasteiger partial charge in [0.15, 0.2) is 0 Å². The predicted molar refractivity (Wildman–Crippen MR) is 86.4 cm³/mol. The third kappa shape index (κ3) is 4.89. The Labute approximate surface area is 131 Å². The molecule has 1 aromatic carbocycles. The minimum Gasteiger partial charge on any atom is -0.352 e. The van der Waals surface area contributed by atoms with Gasteiger partial charge >= 0.3 is 0 Å². The molecule has 0 atom stereocenters. The van der Waals surface area contributed by atoms with Crippen molar-refractivity contribution in [1.82, 2.24) is 5.32 Å². The van der Waals surface area contributed by atoms with Crippen LogP contribution < -0.4 is 9.62 Å². The van der Waals surface area contributed by atoms with E-state index in [1.807, 2.05) is 26.8 Å². The molecule has 5 nitrogen and oxygen atoms in total. The highest BCUT2D eigenvalue weighted by Crippen LogP contribution is 2.32. The molecule has 118 valence electrons. The van der Waals surface area contributed by atoms with Crippen LogP contribution in [0.2, 0.25) is 5.02 Å². The molecule has 0 heterocycles. The van der Waals surface area contributed by atoms with Gasteiger partial charge in [-0.15, -0.1) is 0 Å². The molecule has 0 aliphatic rings. The maximum atomic E-state index is 12.0. The quantitative estimate of drug-likeness (QED) is 0.899. The lowest BCUT2D eigenvalue weighted by Crippen LogP contribution is -2.42. The monoisotopic (exact) mass is 332 g/mol. The zero-order chi connectivity index (χ0) is 16.4. The highest BCUT2D eigenvalue weighted by atomic mass is 35.5. The Bertz CT molecular complexity index is 619. The van der Waals surface area contributed by atoms with Gasteiger partial charge in [0.25, 0.3) is 0 Å². The maximum Gasteiger partial charge on any atom is 0.240 e. The minimum atomic E-state index is -3.62. The Morgan fingerprint density at radius 1 is 1.33 bits per heavy atom. The van der Waals surface area contributed by atoms with E-state index in [4.69, 9.17) is 11.6 Å². The van der Waals surface area contributed by atoms with Gasteiger partial charge in [-0.1, -0.05) is 17.7 Å². The van der Waals surface area contributed by atoms with Crippen molar-refractivity contribution in [2.45, 2.75) is 33.7 Å². The van der Waals surface area contributed by atoms with Crippen LogP contribution in [0.3, 0.4) is 0 Å². The molecule has 0 saturated carbocycles. The first kappa shape index (κ1) is 17.8. The number of carbonyl (C=O) groups excluding carboxylic acids is 1. The summed E-state index contributed by atoms with van der Waals surface area (Å²) in [4.78, 5) is 11.9. The number of amides is 1. The van der Waals surface area contributed by atoms with E-state index < -0.39 is 10.0 Å². The molecule has 1 N–H and O–H groups in total. The fourth-order valence-corrected chi connectivity index (χ4v) is 3.48. The van der Waals surface area contributed by atoms with Crippen molar-refractivity contribution in [3.05, 3.63) is 28.3 Å². The van der Waals surface area contributed by atoms with E-state index in [1.54, 1.807) is 13.0 Å². The van der Waals surface area contributed by atoms with Gasteiger partial charge in [0.05, 0.1) is 17.0 Å². The number of halogens is 1. The van der Waals surface area contributed by atoms with Crippen LogP contribution in [-0.2, 0) is 14.8 Å². The van der Waals surface area contributed by atoms with Crippen molar-refractivity contribution in [1.29, 1.82) is 0 Å². The Kier molecular flexibility index (Phi) is 5.64. The Morgan fingerprint density at radius 3 is 2.33 bits per heavy atom. The van der Waals surface area contributed by atoms with Gasteiger partial charge in [0.1, 0.15) is 6.54 Å². The molecule has 0 aromatic heterocycles. The average Bonchev–Trinajstić information content (AvgIpc) is 2.23. The second-order valence-electron chi connectivity index (χ2n) is 5.40. The Balaban J connectivity index is 3.26. The number of nitrogens with zero attached hydrogens (tertiary/aromatic N) is 1. The summed E-state index contributed by atoms with van der Waals surface area (Å²) in [5.41, 5.74) is 1.99. The van der Waals surface area contributed by atoms with Crippen LogP contribution >= 0.6 is 11.6 Å². The summed E-state index contributed by atoms with van der Waals surface area (Å²) in [5.74, 6) is -0.369. The van der Waals surface area contributed by atoms with Gasteiger partial charge in [-0.3, -0.25) is 9.10 Å². The zero-order valence-electron chi connectivity index (χ0n) is 12.9. The lowest BCUT2D eigenvalue weighted by atomic mass is 10.1. The van der Waals surface area contributed by atoms with E-state index in [0.717, 1.165) is 16.1 Å². The molecule has 0 fully saturated rings. The van der Waals surface area contributed by atoms with Gasteiger partial charge in [0, 0.05) is 6.04 Å². The van der Waals surface area contributed by atoms with Crippen molar-refractivity contribution in [3.8, 4) is 0 Å². The second-order valence-corrected chi connectivity index (χ2v) is 7.72. The van der Waals surface area contributed by atoms with E-state index in [9.17, 15) is 13.2 Å².